The van der Waals surface area contributed by atoms with E-state index in [1.165, 1.54) is 0 Å². The number of nitrogens with zero attached hydrogens (tertiary/aromatic N) is 3. The van der Waals surface area contributed by atoms with E-state index in [1.807, 2.05) is 30.5 Å². The van der Waals surface area contributed by atoms with Crippen molar-refractivity contribution in [3.63, 3.8) is 0 Å². The fourth-order valence-corrected chi connectivity index (χ4v) is 2.19. The molecule has 0 saturated carbocycles. The Kier molecular flexibility index (Phi) is 3.26. The maximum atomic E-state index is 5.85. The van der Waals surface area contributed by atoms with Crippen LogP contribution in [0.3, 0.4) is 0 Å². The van der Waals surface area contributed by atoms with E-state index in [1.54, 1.807) is 19.4 Å². The minimum atomic E-state index is 0.334. The molecule has 3 aromatic rings. The molecule has 1 aromatic carbocycles. The summed E-state index contributed by atoms with van der Waals surface area (Å²) in [7, 11) is 1.61. The zero-order valence-corrected chi connectivity index (χ0v) is 11.1. The van der Waals surface area contributed by atoms with Gasteiger partial charge in [-0.3, -0.25) is 4.98 Å². The average Bonchev–Trinajstić information content (AvgIpc) is 2.46. The smallest absolute Gasteiger partial charge is 0.157 e. The molecule has 100 valence electrons. The van der Waals surface area contributed by atoms with E-state index in [0.717, 1.165) is 22.0 Å². The summed E-state index contributed by atoms with van der Waals surface area (Å²) >= 11 is 0. The minimum absolute atomic E-state index is 0.334. The van der Waals surface area contributed by atoms with Crippen LogP contribution in [0.5, 0.6) is 0 Å². The largest absolute Gasteiger partial charge is 0.384 e. The van der Waals surface area contributed by atoms with Gasteiger partial charge in [-0.05, 0) is 11.5 Å². The van der Waals surface area contributed by atoms with Gasteiger partial charge in [-0.15, -0.1) is 0 Å². The van der Waals surface area contributed by atoms with Gasteiger partial charge in [-0.25, -0.2) is 9.97 Å². The van der Waals surface area contributed by atoms with Crippen molar-refractivity contribution in [1.29, 1.82) is 0 Å². The summed E-state index contributed by atoms with van der Waals surface area (Å²) in [6, 6.07) is 9.77. The zero-order valence-electron chi connectivity index (χ0n) is 11.1. The van der Waals surface area contributed by atoms with Crippen molar-refractivity contribution in [2.75, 3.05) is 12.8 Å². The van der Waals surface area contributed by atoms with Crippen LogP contribution in [-0.2, 0) is 11.3 Å². The molecule has 0 aliphatic rings. The molecule has 0 spiro atoms. The normalized spacial score (nSPS) is 10.8. The quantitative estimate of drug-likeness (QED) is 0.788. The number of pyridine rings is 1. The number of fused-ring (bicyclic) bond motifs is 1. The van der Waals surface area contributed by atoms with E-state index in [4.69, 9.17) is 10.5 Å². The van der Waals surface area contributed by atoms with E-state index < -0.39 is 0 Å². The maximum absolute atomic E-state index is 5.85. The number of nitrogen functional groups attached to an aromatic ring is 1. The molecule has 5 heteroatoms. The molecule has 0 unspecified atom stereocenters. The Morgan fingerprint density at radius 1 is 1.20 bits per heavy atom. The number of methoxy groups -OCH3 is 1. The molecule has 2 N–H and O–H groups in total. The molecule has 5 nitrogen and oxygen atoms in total. The van der Waals surface area contributed by atoms with Gasteiger partial charge in [0, 0.05) is 36.5 Å². The number of hydrogen-bond acceptors (Lipinski definition) is 5. The SMILES string of the molecule is COCc1nc(N)cc(-c2cccc3ccncc23)n1. The van der Waals surface area contributed by atoms with E-state index in [9.17, 15) is 0 Å². The molecular weight excluding hydrogens is 252 g/mol. The van der Waals surface area contributed by atoms with Gasteiger partial charge < -0.3 is 10.5 Å². The molecular formula is C15H14N4O. The molecule has 20 heavy (non-hydrogen) atoms. The number of nitrogens with two attached hydrogens (primary N) is 1. The molecule has 0 fully saturated rings. The predicted octanol–water partition coefficient (Wildman–Crippen LogP) is 2.42. The highest BCUT2D eigenvalue weighted by molar-refractivity contribution is 5.95. The number of hydrogen-bond donors (Lipinski definition) is 1. The van der Waals surface area contributed by atoms with Gasteiger partial charge in [-0.1, -0.05) is 18.2 Å². The van der Waals surface area contributed by atoms with E-state index >= 15 is 0 Å². The van der Waals surface area contributed by atoms with Crippen LogP contribution in [0.4, 0.5) is 5.82 Å². The van der Waals surface area contributed by atoms with Crippen molar-refractivity contribution < 1.29 is 4.74 Å². The fourth-order valence-electron chi connectivity index (χ4n) is 2.19. The van der Waals surface area contributed by atoms with E-state index in [2.05, 4.69) is 15.0 Å². The van der Waals surface area contributed by atoms with Crippen LogP contribution in [0.1, 0.15) is 5.82 Å². The lowest BCUT2D eigenvalue weighted by Crippen LogP contribution is -2.02. The summed E-state index contributed by atoms with van der Waals surface area (Å²) in [5.74, 6) is 1.01. The summed E-state index contributed by atoms with van der Waals surface area (Å²) in [5, 5.41) is 2.15. The second kappa shape index (κ2) is 5.22. The second-order valence-corrected chi connectivity index (χ2v) is 4.43. The third-order valence-corrected chi connectivity index (χ3v) is 3.03. The van der Waals surface area contributed by atoms with Crippen LogP contribution >= 0.6 is 0 Å². The lowest BCUT2D eigenvalue weighted by atomic mass is 10.0. The molecule has 3 rings (SSSR count). The predicted molar refractivity (Wildman–Crippen MR) is 77.9 cm³/mol. The lowest BCUT2D eigenvalue weighted by molar-refractivity contribution is 0.178. The number of anilines is 1. The first-order valence-corrected chi connectivity index (χ1v) is 6.23. The Hall–Kier alpha value is -2.53. The van der Waals surface area contributed by atoms with Gasteiger partial charge in [0.25, 0.3) is 0 Å². The van der Waals surface area contributed by atoms with Crippen LogP contribution < -0.4 is 5.73 Å². The van der Waals surface area contributed by atoms with Gasteiger partial charge in [0.1, 0.15) is 12.4 Å². The van der Waals surface area contributed by atoms with Crippen molar-refractivity contribution in [3.05, 3.63) is 48.5 Å². The zero-order chi connectivity index (χ0) is 13.9. The summed E-state index contributed by atoms with van der Waals surface area (Å²) in [6.07, 6.45) is 3.61. The highest BCUT2D eigenvalue weighted by atomic mass is 16.5. The molecule has 0 saturated heterocycles. The Morgan fingerprint density at radius 2 is 2.10 bits per heavy atom. The monoisotopic (exact) mass is 266 g/mol. The third kappa shape index (κ3) is 2.31. The van der Waals surface area contributed by atoms with Crippen molar-refractivity contribution in [1.82, 2.24) is 15.0 Å². The second-order valence-electron chi connectivity index (χ2n) is 4.43. The first-order valence-electron chi connectivity index (χ1n) is 6.23. The summed E-state index contributed by atoms with van der Waals surface area (Å²) in [4.78, 5) is 12.8. The molecule has 0 aliphatic carbocycles. The summed E-state index contributed by atoms with van der Waals surface area (Å²) < 4.78 is 5.07. The maximum Gasteiger partial charge on any atom is 0.157 e. The highest BCUT2D eigenvalue weighted by Crippen LogP contribution is 2.27. The molecule has 2 heterocycles. The standard InChI is InChI=1S/C15H14N4O/c1-20-9-15-18-13(7-14(16)19-15)11-4-2-3-10-5-6-17-8-12(10)11/h2-8H,9H2,1H3,(H2,16,18,19). The Balaban J connectivity index is 2.20. The summed E-state index contributed by atoms with van der Waals surface area (Å²) in [5.41, 5.74) is 7.62. The molecule has 0 bridgehead atoms. The van der Waals surface area contributed by atoms with Gasteiger partial charge in [0.15, 0.2) is 5.82 Å². The molecule has 0 radical (unpaired) electrons. The van der Waals surface area contributed by atoms with Crippen LogP contribution in [0.15, 0.2) is 42.7 Å². The Labute approximate surface area is 116 Å². The number of ether oxygens (including phenoxy) is 1. The number of rotatable bonds is 3. The Bertz CT molecular complexity index is 752. The van der Waals surface area contributed by atoms with Gasteiger partial charge in [-0.2, -0.15) is 0 Å². The van der Waals surface area contributed by atoms with Crippen molar-refractivity contribution in [3.8, 4) is 11.3 Å². The van der Waals surface area contributed by atoms with Crippen LogP contribution in [0, 0.1) is 0 Å². The molecule has 0 aliphatic heterocycles. The molecule has 0 atom stereocenters. The first kappa shape index (κ1) is 12.5. The first-order chi connectivity index (χ1) is 9.78. The fraction of sp³-hybridized carbons (Fsp3) is 0.133. The van der Waals surface area contributed by atoms with Gasteiger partial charge in [0.05, 0.1) is 5.69 Å². The van der Waals surface area contributed by atoms with Crippen molar-refractivity contribution in [2.24, 2.45) is 0 Å². The van der Waals surface area contributed by atoms with E-state index in [0.29, 0.717) is 18.2 Å². The molecule has 2 aromatic heterocycles. The Morgan fingerprint density at radius 3 is 2.95 bits per heavy atom. The lowest BCUT2D eigenvalue weighted by Gasteiger charge is -2.08. The number of aromatic nitrogens is 3. The highest BCUT2D eigenvalue weighted by Gasteiger charge is 2.08. The average molecular weight is 266 g/mol. The van der Waals surface area contributed by atoms with Crippen LogP contribution in [-0.4, -0.2) is 22.1 Å². The number of benzene rings is 1. The third-order valence-electron chi connectivity index (χ3n) is 3.03. The van der Waals surface area contributed by atoms with E-state index in [-0.39, 0.29) is 0 Å². The topological polar surface area (TPSA) is 73.9 Å². The van der Waals surface area contributed by atoms with Gasteiger partial charge >= 0.3 is 0 Å². The van der Waals surface area contributed by atoms with Crippen molar-refractivity contribution >= 4 is 16.6 Å². The van der Waals surface area contributed by atoms with Gasteiger partial charge in [0.2, 0.25) is 0 Å². The summed E-state index contributed by atoms with van der Waals surface area (Å²) in [6.45, 7) is 0.334. The van der Waals surface area contributed by atoms with Crippen LogP contribution in [0.25, 0.3) is 22.0 Å². The minimum Gasteiger partial charge on any atom is -0.384 e. The van der Waals surface area contributed by atoms with Crippen LogP contribution in [0.2, 0.25) is 0 Å². The van der Waals surface area contributed by atoms with Crippen molar-refractivity contribution in [2.45, 2.75) is 6.61 Å². The molecule has 0 amide bonds.